The molecule has 8 heteroatoms. The highest BCUT2D eigenvalue weighted by Gasteiger charge is 2.11. The Morgan fingerprint density at radius 1 is 1.33 bits per heavy atom. The molecule has 0 aliphatic heterocycles. The van der Waals surface area contributed by atoms with Crippen molar-refractivity contribution in [2.75, 3.05) is 26.7 Å². The lowest BCUT2D eigenvalue weighted by Crippen LogP contribution is -2.37. The van der Waals surface area contributed by atoms with E-state index < -0.39 is 6.61 Å². The molecule has 0 bridgehead atoms. The normalized spacial score (nSPS) is 10.8. The number of guanidine groups is 1. The van der Waals surface area contributed by atoms with Crippen molar-refractivity contribution >= 4 is 29.9 Å². The lowest BCUT2D eigenvalue weighted by molar-refractivity contribution is -0.0512. The summed E-state index contributed by atoms with van der Waals surface area (Å²) >= 11 is 0. The van der Waals surface area contributed by atoms with Crippen molar-refractivity contribution in [2.45, 2.75) is 20.0 Å². The lowest BCUT2D eigenvalue weighted by atomic mass is 10.1. The van der Waals surface area contributed by atoms with E-state index in [1.54, 1.807) is 24.3 Å². The highest BCUT2D eigenvalue weighted by molar-refractivity contribution is 14.0. The first-order chi connectivity index (χ1) is 11.1. The van der Waals surface area contributed by atoms with Gasteiger partial charge in [0.15, 0.2) is 17.5 Å². The molecule has 1 rings (SSSR count). The molecule has 0 atom stereocenters. The molecule has 2 N–H and O–H groups in total. The third-order valence-electron chi connectivity index (χ3n) is 2.87. The molecule has 1 aromatic carbocycles. The predicted molar refractivity (Wildman–Crippen MR) is 103 cm³/mol. The lowest BCUT2D eigenvalue weighted by Gasteiger charge is -2.12. The number of ether oxygens (including phenoxy) is 2. The van der Waals surface area contributed by atoms with Crippen LogP contribution in [0.15, 0.2) is 35.8 Å². The maximum Gasteiger partial charge on any atom is 0.387 e. The topological polar surface area (TPSA) is 54.9 Å². The van der Waals surface area contributed by atoms with Crippen molar-refractivity contribution in [3.8, 4) is 11.5 Å². The Balaban J connectivity index is 0.00000529. The summed E-state index contributed by atoms with van der Waals surface area (Å²) in [6.07, 6.45) is 2.33. The molecule has 5 nitrogen and oxygen atoms in total. The molecule has 24 heavy (non-hydrogen) atoms. The first kappa shape index (κ1) is 22.4. The van der Waals surface area contributed by atoms with E-state index in [0.29, 0.717) is 25.5 Å². The van der Waals surface area contributed by atoms with Crippen LogP contribution in [-0.4, -0.2) is 39.3 Å². The van der Waals surface area contributed by atoms with Crippen molar-refractivity contribution in [2.24, 2.45) is 4.99 Å². The second-order valence-electron chi connectivity index (χ2n) is 4.54. The molecule has 1 aromatic rings. The quantitative estimate of drug-likeness (QED) is 0.260. The van der Waals surface area contributed by atoms with E-state index in [4.69, 9.17) is 4.74 Å². The summed E-state index contributed by atoms with van der Waals surface area (Å²) < 4.78 is 34.3. The standard InChI is InChI=1S/C16H23F2N3O2.HI/c1-4-9-20-16(19-5-2)21-10-8-12-6-7-13(22-3)14(11-12)23-15(17)18;/h4,6-7,11,15H,1,5,8-10H2,2-3H3,(H2,19,20,21);1H. The third kappa shape index (κ3) is 8.32. The minimum atomic E-state index is -2.89. The van der Waals surface area contributed by atoms with Crippen LogP contribution < -0.4 is 20.1 Å². The number of methoxy groups -OCH3 is 1. The molecule has 136 valence electrons. The summed E-state index contributed by atoms with van der Waals surface area (Å²) in [6.45, 7) is 4.59. The van der Waals surface area contributed by atoms with E-state index >= 15 is 0 Å². The van der Waals surface area contributed by atoms with Gasteiger partial charge in [0, 0.05) is 19.6 Å². The molecule has 0 aromatic heterocycles. The molecule has 0 spiro atoms. The van der Waals surface area contributed by atoms with Gasteiger partial charge in [-0.1, -0.05) is 12.1 Å². The molecule has 0 aliphatic rings. The van der Waals surface area contributed by atoms with E-state index in [1.165, 1.54) is 7.11 Å². The van der Waals surface area contributed by atoms with Gasteiger partial charge in [-0.2, -0.15) is 8.78 Å². The van der Waals surface area contributed by atoms with Gasteiger partial charge in [-0.3, -0.25) is 4.99 Å². The maximum atomic E-state index is 12.4. The Labute approximate surface area is 158 Å². The molecule has 0 fully saturated rings. The first-order valence-electron chi connectivity index (χ1n) is 7.35. The van der Waals surface area contributed by atoms with Crippen molar-refractivity contribution in [3.05, 3.63) is 36.4 Å². The van der Waals surface area contributed by atoms with Crippen molar-refractivity contribution in [1.82, 2.24) is 10.6 Å². The summed E-state index contributed by atoms with van der Waals surface area (Å²) in [7, 11) is 1.41. The molecule has 0 radical (unpaired) electrons. The molecular formula is C16H24F2IN3O2. The second kappa shape index (κ2) is 12.8. The number of hydrogen-bond acceptors (Lipinski definition) is 3. The zero-order valence-electron chi connectivity index (χ0n) is 13.9. The molecule has 0 heterocycles. The summed E-state index contributed by atoms with van der Waals surface area (Å²) in [5, 5.41) is 6.20. The van der Waals surface area contributed by atoms with Gasteiger partial charge in [-0.15, -0.1) is 30.6 Å². The third-order valence-corrected chi connectivity index (χ3v) is 2.87. The van der Waals surface area contributed by atoms with E-state index in [2.05, 4.69) is 26.9 Å². The Morgan fingerprint density at radius 3 is 2.67 bits per heavy atom. The molecule has 0 aliphatic carbocycles. The number of nitrogens with one attached hydrogen (secondary N) is 2. The highest BCUT2D eigenvalue weighted by Crippen LogP contribution is 2.29. The number of benzene rings is 1. The first-order valence-corrected chi connectivity index (χ1v) is 7.35. The molecular weight excluding hydrogens is 431 g/mol. The molecule has 0 amide bonds. The van der Waals surface area contributed by atoms with Crippen LogP contribution in [0.4, 0.5) is 8.78 Å². The van der Waals surface area contributed by atoms with Gasteiger partial charge in [0.25, 0.3) is 0 Å². The smallest absolute Gasteiger partial charge is 0.387 e. The fourth-order valence-electron chi connectivity index (χ4n) is 1.87. The summed E-state index contributed by atoms with van der Waals surface area (Å²) in [5.41, 5.74) is 0.838. The van der Waals surface area contributed by atoms with E-state index in [1.807, 2.05) is 6.92 Å². The van der Waals surface area contributed by atoms with Crippen LogP contribution in [0.5, 0.6) is 11.5 Å². The summed E-state index contributed by atoms with van der Waals surface area (Å²) in [5.74, 6) is 0.990. The number of rotatable bonds is 9. The minimum absolute atomic E-state index is 0. The van der Waals surface area contributed by atoms with Gasteiger partial charge in [-0.25, -0.2) is 0 Å². The summed E-state index contributed by atoms with van der Waals surface area (Å²) in [4.78, 5) is 4.41. The van der Waals surface area contributed by atoms with Gasteiger partial charge < -0.3 is 20.1 Å². The van der Waals surface area contributed by atoms with Crippen LogP contribution in [0.2, 0.25) is 0 Å². The van der Waals surface area contributed by atoms with Gasteiger partial charge in [0.1, 0.15) is 0 Å². The zero-order valence-corrected chi connectivity index (χ0v) is 16.2. The van der Waals surface area contributed by atoms with E-state index in [9.17, 15) is 8.78 Å². The average molecular weight is 455 g/mol. The van der Waals surface area contributed by atoms with Gasteiger partial charge in [0.2, 0.25) is 0 Å². The van der Waals surface area contributed by atoms with Crippen molar-refractivity contribution < 1.29 is 18.3 Å². The number of halogens is 3. The van der Waals surface area contributed by atoms with Crippen LogP contribution in [0.3, 0.4) is 0 Å². The Hall–Kier alpha value is -1.58. The second-order valence-corrected chi connectivity index (χ2v) is 4.54. The minimum Gasteiger partial charge on any atom is -0.493 e. The van der Waals surface area contributed by atoms with Crippen molar-refractivity contribution in [3.63, 3.8) is 0 Å². The van der Waals surface area contributed by atoms with E-state index in [-0.39, 0.29) is 35.5 Å². The zero-order chi connectivity index (χ0) is 17.1. The fraction of sp³-hybridized carbons (Fsp3) is 0.438. The molecule has 0 saturated heterocycles. The Bertz CT molecular complexity index is 528. The largest absolute Gasteiger partial charge is 0.493 e. The maximum absolute atomic E-state index is 12.4. The SMILES string of the molecule is C=CCNC(=NCCc1ccc(OC)c(OC(F)F)c1)NCC.I. The van der Waals surface area contributed by atoms with Crippen LogP contribution in [0, 0.1) is 0 Å². The molecule has 0 saturated carbocycles. The predicted octanol–water partition coefficient (Wildman–Crippen LogP) is 3.20. The van der Waals surface area contributed by atoms with Crippen LogP contribution >= 0.6 is 24.0 Å². The number of nitrogens with zero attached hydrogens (tertiary/aromatic N) is 1. The van der Waals surface area contributed by atoms with E-state index in [0.717, 1.165) is 12.1 Å². The van der Waals surface area contributed by atoms with Crippen LogP contribution in [-0.2, 0) is 6.42 Å². The number of alkyl halides is 2. The average Bonchev–Trinajstić information content (AvgIpc) is 2.52. The molecule has 0 unspecified atom stereocenters. The number of aliphatic imine (C=N–C) groups is 1. The highest BCUT2D eigenvalue weighted by atomic mass is 127. The Morgan fingerprint density at radius 2 is 2.08 bits per heavy atom. The van der Waals surface area contributed by atoms with Gasteiger partial charge in [0.05, 0.1) is 7.11 Å². The van der Waals surface area contributed by atoms with Gasteiger partial charge >= 0.3 is 6.61 Å². The number of hydrogen-bond donors (Lipinski definition) is 2. The van der Waals surface area contributed by atoms with Crippen molar-refractivity contribution in [1.29, 1.82) is 0 Å². The monoisotopic (exact) mass is 455 g/mol. The fourth-order valence-corrected chi connectivity index (χ4v) is 1.87. The van der Waals surface area contributed by atoms with Crippen LogP contribution in [0.1, 0.15) is 12.5 Å². The van der Waals surface area contributed by atoms with Crippen LogP contribution in [0.25, 0.3) is 0 Å². The van der Waals surface area contributed by atoms with Gasteiger partial charge in [-0.05, 0) is 31.0 Å². The summed E-state index contributed by atoms with van der Waals surface area (Å²) in [6, 6.07) is 4.96. The Kier molecular flexibility index (Phi) is 12.0.